The van der Waals surface area contributed by atoms with Gasteiger partial charge in [-0.3, -0.25) is 0 Å². The second-order valence-corrected chi connectivity index (χ2v) is 4.91. The summed E-state index contributed by atoms with van der Waals surface area (Å²) in [5.74, 6) is 0. The number of halogens is 2. The van der Waals surface area contributed by atoms with Crippen molar-refractivity contribution in [3.05, 3.63) is 28.9 Å². The van der Waals surface area contributed by atoms with Gasteiger partial charge in [0, 0.05) is 6.42 Å². The number of carbonyl (C=O) groups is 1. The molecule has 0 saturated heterocycles. The predicted molar refractivity (Wildman–Crippen MR) is 71.0 cm³/mol. The third-order valence-electron chi connectivity index (χ3n) is 2.98. The Kier molecular flexibility index (Phi) is 3.23. The SMILES string of the molecule is O=C(O)O[C@@H]1C=C[C@H](n2cnc3c(Cl)nc(Cl)nc32)C1. The average Bonchev–Trinajstić information content (AvgIpc) is 2.94. The van der Waals surface area contributed by atoms with Crippen LogP contribution in [0.1, 0.15) is 12.5 Å². The number of nitrogens with zero attached hydrogens (tertiary/aromatic N) is 4. The summed E-state index contributed by atoms with van der Waals surface area (Å²) in [4.78, 5) is 22.6. The molecule has 0 spiro atoms. The van der Waals surface area contributed by atoms with Crippen LogP contribution in [-0.4, -0.2) is 36.9 Å². The second kappa shape index (κ2) is 4.92. The van der Waals surface area contributed by atoms with Crippen LogP contribution in [0.2, 0.25) is 10.4 Å². The van der Waals surface area contributed by atoms with Gasteiger partial charge < -0.3 is 14.4 Å². The van der Waals surface area contributed by atoms with E-state index >= 15 is 0 Å². The topological polar surface area (TPSA) is 90.1 Å². The molecule has 0 unspecified atom stereocenters. The molecule has 0 fully saturated rings. The Morgan fingerprint density at radius 1 is 1.40 bits per heavy atom. The molecule has 2 aromatic rings. The Balaban J connectivity index is 1.93. The summed E-state index contributed by atoms with van der Waals surface area (Å²) >= 11 is 11.7. The molecule has 9 heteroatoms. The predicted octanol–water partition coefficient (Wildman–Crippen LogP) is 2.70. The van der Waals surface area contributed by atoms with Crippen LogP contribution in [0.15, 0.2) is 18.5 Å². The molecule has 0 radical (unpaired) electrons. The van der Waals surface area contributed by atoms with E-state index in [1.54, 1.807) is 17.0 Å². The Morgan fingerprint density at radius 3 is 2.95 bits per heavy atom. The molecule has 0 bridgehead atoms. The Labute approximate surface area is 122 Å². The zero-order valence-electron chi connectivity index (χ0n) is 9.90. The summed E-state index contributed by atoms with van der Waals surface area (Å²) in [6.45, 7) is 0. The number of hydrogen-bond acceptors (Lipinski definition) is 5. The molecule has 104 valence electrons. The van der Waals surface area contributed by atoms with Gasteiger partial charge in [0.25, 0.3) is 0 Å². The smallest absolute Gasteiger partial charge is 0.450 e. The number of imidazole rings is 1. The summed E-state index contributed by atoms with van der Waals surface area (Å²) in [5, 5.41) is 8.82. The van der Waals surface area contributed by atoms with Crippen LogP contribution in [0, 0.1) is 0 Å². The van der Waals surface area contributed by atoms with Crippen molar-refractivity contribution in [1.29, 1.82) is 0 Å². The van der Waals surface area contributed by atoms with Crippen molar-refractivity contribution in [2.24, 2.45) is 0 Å². The van der Waals surface area contributed by atoms with Crippen LogP contribution in [0.25, 0.3) is 11.2 Å². The molecule has 7 nitrogen and oxygen atoms in total. The molecule has 20 heavy (non-hydrogen) atoms. The number of allylic oxidation sites excluding steroid dienone is 1. The minimum atomic E-state index is -1.30. The molecule has 2 aromatic heterocycles. The summed E-state index contributed by atoms with van der Waals surface area (Å²) in [6, 6.07) is -0.119. The number of fused-ring (bicyclic) bond motifs is 1. The molecule has 0 amide bonds. The number of carboxylic acid groups (broad SMARTS) is 1. The van der Waals surface area contributed by atoms with Crippen molar-refractivity contribution in [3.63, 3.8) is 0 Å². The number of hydrogen-bond donors (Lipinski definition) is 1. The molecule has 2 atom stereocenters. The highest BCUT2D eigenvalue weighted by molar-refractivity contribution is 6.35. The quantitative estimate of drug-likeness (QED) is 0.396. The maximum Gasteiger partial charge on any atom is 0.506 e. The van der Waals surface area contributed by atoms with Crippen molar-refractivity contribution in [3.8, 4) is 0 Å². The van der Waals surface area contributed by atoms with Crippen LogP contribution >= 0.6 is 23.2 Å². The van der Waals surface area contributed by atoms with E-state index in [0.29, 0.717) is 17.6 Å². The van der Waals surface area contributed by atoms with Gasteiger partial charge in [-0.05, 0) is 17.7 Å². The highest BCUT2D eigenvalue weighted by Crippen LogP contribution is 2.29. The van der Waals surface area contributed by atoms with E-state index in [0.717, 1.165) is 0 Å². The number of aromatic nitrogens is 4. The summed E-state index contributed by atoms with van der Waals surface area (Å²) in [6.07, 6.45) is 3.77. The lowest BCUT2D eigenvalue weighted by molar-refractivity contribution is 0.0667. The lowest BCUT2D eigenvalue weighted by Crippen LogP contribution is -2.14. The van der Waals surface area contributed by atoms with Gasteiger partial charge in [0.1, 0.15) is 11.6 Å². The minimum Gasteiger partial charge on any atom is -0.450 e. The number of ether oxygens (including phenoxy) is 1. The molecule has 0 aliphatic heterocycles. The van der Waals surface area contributed by atoms with Crippen LogP contribution in [0.4, 0.5) is 4.79 Å². The highest BCUT2D eigenvalue weighted by Gasteiger charge is 2.25. The van der Waals surface area contributed by atoms with Gasteiger partial charge in [-0.15, -0.1) is 0 Å². The first-order valence-corrected chi connectivity index (χ1v) is 6.43. The van der Waals surface area contributed by atoms with Crippen molar-refractivity contribution in [2.75, 3.05) is 0 Å². The van der Waals surface area contributed by atoms with Gasteiger partial charge in [0.05, 0.1) is 12.4 Å². The fourth-order valence-electron chi connectivity index (χ4n) is 2.17. The maximum atomic E-state index is 10.5. The van der Waals surface area contributed by atoms with E-state index in [9.17, 15) is 4.79 Å². The normalized spacial score (nSPS) is 21.5. The Hall–Kier alpha value is -1.86. The molecule has 3 rings (SSSR count). The van der Waals surface area contributed by atoms with Crippen molar-refractivity contribution >= 4 is 40.5 Å². The van der Waals surface area contributed by atoms with Crippen LogP contribution in [0.3, 0.4) is 0 Å². The minimum absolute atomic E-state index is 0.0320. The molecule has 0 aromatic carbocycles. The van der Waals surface area contributed by atoms with E-state index in [2.05, 4.69) is 15.0 Å². The summed E-state index contributed by atoms with van der Waals surface area (Å²) in [7, 11) is 0. The third-order valence-corrected chi connectivity index (χ3v) is 3.42. The van der Waals surface area contributed by atoms with Crippen molar-refractivity contribution in [2.45, 2.75) is 18.6 Å². The second-order valence-electron chi connectivity index (χ2n) is 4.22. The first-order chi connectivity index (χ1) is 9.54. The molecule has 2 heterocycles. The van der Waals surface area contributed by atoms with E-state index in [4.69, 9.17) is 33.0 Å². The van der Waals surface area contributed by atoms with Gasteiger partial charge in [-0.25, -0.2) is 14.8 Å². The maximum absolute atomic E-state index is 10.5. The van der Waals surface area contributed by atoms with Gasteiger partial charge in [0.15, 0.2) is 10.8 Å². The van der Waals surface area contributed by atoms with Crippen molar-refractivity contribution < 1.29 is 14.6 Å². The molecule has 1 N–H and O–H groups in total. The molecule has 1 aliphatic carbocycles. The lowest BCUT2D eigenvalue weighted by atomic mass is 10.2. The monoisotopic (exact) mass is 314 g/mol. The van der Waals surface area contributed by atoms with Gasteiger partial charge >= 0.3 is 6.16 Å². The summed E-state index contributed by atoms with van der Waals surface area (Å²) in [5.41, 5.74) is 0.952. The zero-order valence-corrected chi connectivity index (χ0v) is 11.4. The Bertz CT molecular complexity index is 715. The van der Waals surface area contributed by atoms with Crippen molar-refractivity contribution in [1.82, 2.24) is 19.5 Å². The largest absolute Gasteiger partial charge is 0.506 e. The third kappa shape index (κ3) is 2.30. The molecular formula is C11H8Cl2N4O3. The first kappa shape index (κ1) is 13.1. The van der Waals surface area contributed by atoms with E-state index in [-0.39, 0.29) is 16.5 Å². The van der Waals surface area contributed by atoms with Crippen LogP contribution < -0.4 is 0 Å². The Morgan fingerprint density at radius 2 is 2.20 bits per heavy atom. The van der Waals surface area contributed by atoms with Crippen LogP contribution in [0.5, 0.6) is 0 Å². The lowest BCUT2D eigenvalue weighted by Gasteiger charge is -2.13. The van der Waals surface area contributed by atoms with Crippen LogP contribution in [-0.2, 0) is 4.74 Å². The van der Waals surface area contributed by atoms with Gasteiger partial charge in [0.2, 0.25) is 5.28 Å². The van der Waals surface area contributed by atoms with E-state index < -0.39 is 12.3 Å². The zero-order chi connectivity index (χ0) is 14.3. The van der Waals surface area contributed by atoms with E-state index in [1.807, 2.05) is 6.08 Å². The standard InChI is InChI=1S/C11H8Cl2N4O3/c12-8-7-9(16-10(13)15-8)17(4-14-7)5-1-2-6(3-5)20-11(18)19/h1-2,4-6H,3H2,(H,18,19)/t5-,6+/m0/s1. The first-order valence-electron chi connectivity index (χ1n) is 5.68. The number of rotatable bonds is 2. The molecule has 0 saturated carbocycles. The molecule has 1 aliphatic rings. The van der Waals surface area contributed by atoms with Gasteiger partial charge in [-0.1, -0.05) is 17.7 Å². The van der Waals surface area contributed by atoms with E-state index in [1.165, 1.54) is 0 Å². The molecular weight excluding hydrogens is 307 g/mol. The summed E-state index contributed by atoms with van der Waals surface area (Å²) < 4.78 is 6.47. The fourth-order valence-corrected chi connectivity index (χ4v) is 2.59. The fraction of sp³-hybridized carbons (Fsp3) is 0.273. The average molecular weight is 315 g/mol. The van der Waals surface area contributed by atoms with Gasteiger partial charge in [-0.2, -0.15) is 4.98 Å². The highest BCUT2D eigenvalue weighted by atomic mass is 35.5.